The summed E-state index contributed by atoms with van der Waals surface area (Å²) < 4.78 is 13.2. The first-order valence-electron chi connectivity index (χ1n) is 5.19. The molecule has 0 saturated heterocycles. The standard InChI is InChI=1S/C12H14FNO3/c1-7-3-4-9(5-10(7)13)11(15)14-6-8(2)12(16)17/h3-5,8H,6H2,1-2H3,(H,14,15)(H,16,17). The molecule has 0 aliphatic carbocycles. The average Bonchev–Trinajstić information content (AvgIpc) is 2.28. The largest absolute Gasteiger partial charge is 0.481 e. The molecule has 5 heteroatoms. The highest BCUT2D eigenvalue weighted by Gasteiger charge is 2.13. The van der Waals surface area contributed by atoms with Crippen LogP contribution in [0.15, 0.2) is 18.2 Å². The molecular formula is C12H14FNO3. The van der Waals surface area contributed by atoms with Crippen LogP contribution in [0.25, 0.3) is 0 Å². The van der Waals surface area contributed by atoms with Crippen molar-refractivity contribution in [2.45, 2.75) is 13.8 Å². The van der Waals surface area contributed by atoms with Crippen molar-refractivity contribution in [1.82, 2.24) is 5.32 Å². The molecule has 1 aromatic rings. The number of carbonyl (C=O) groups excluding carboxylic acids is 1. The molecule has 17 heavy (non-hydrogen) atoms. The fourth-order valence-corrected chi connectivity index (χ4v) is 1.17. The lowest BCUT2D eigenvalue weighted by atomic mass is 10.1. The van der Waals surface area contributed by atoms with Crippen LogP contribution in [0.5, 0.6) is 0 Å². The third-order valence-electron chi connectivity index (χ3n) is 2.42. The fourth-order valence-electron chi connectivity index (χ4n) is 1.17. The first-order chi connectivity index (χ1) is 7.91. The normalized spacial score (nSPS) is 11.9. The van der Waals surface area contributed by atoms with Crippen molar-refractivity contribution in [1.29, 1.82) is 0 Å². The highest BCUT2D eigenvalue weighted by Crippen LogP contribution is 2.09. The smallest absolute Gasteiger partial charge is 0.308 e. The molecule has 1 aromatic carbocycles. The summed E-state index contributed by atoms with van der Waals surface area (Å²) in [5.41, 5.74) is 0.645. The third-order valence-corrected chi connectivity index (χ3v) is 2.42. The van der Waals surface area contributed by atoms with Gasteiger partial charge in [0.05, 0.1) is 5.92 Å². The number of aryl methyl sites for hydroxylation is 1. The lowest BCUT2D eigenvalue weighted by Gasteiger charge is -2.08. The van der Waals surface area contributed by atoms with Crippen LogP contribution in [0, 0.1) is 18.7 Å². The molecule has 0 aromatic heterocycles. The second kappa shape index (κ2) is 5.43. The van der Waals surface area contributed by atoms with E-state index in [1.165, 1.54) is 19.1 Å². The molecule has 0 bridgehead atoms. The topological polar surface area (TPSA) is 66.4 Å². The SMILES string of the molecule is Cc1ccc(C(=O)NCC(C)C(=O)O)cc1F. The average molecular weight is 239 g/mol. The van der Waals surface area contributed by atoms with Crippen LogP contribution >= 0.6 is 0 Å². The lowest BCUT2D eigenvalue weighted by Crippen LogP contribution is -2.31. The molecule has 4 nitrogen and oxygen atoms in total. The van der Waals surface area contributed by atoms with Crippen molar-refractivity contribution in [2.75, 3.05) is 6.54 Å². The molecule has 0 heterocycles. The Morgan fingerprint density at radius 2 is 2.12 bits per heavy atom. The second-order valence-electron chi connectivity index (χ2n) is 3.91. The molecule has 1 unspecified atom stereocenters. The van der Waals surface area contributed by atoms with Gasteiger partial charge in [0.15, 0.2) is 0 Å². The summed E-state index contributed by atoms with van der Waals surface area (Å²) in [7, 11) is 0. The molecule has 1 atom stereocenters. The van der Waals surface area contributed by atoms with E-state index < -0.39 is 23.6 Å². The van der Waals surface area contributed by atoms with Gasteiger partial charge in [0.1, 0.15) is 5.82 Å². The quantitative estimate of drug-likeness (QED) is 0.838. The molecule has 2 N–H and O–H groups in total. The van der Waals surface area contributed by atoms with Gasteiger partial charge in [0, 0.05) is 12.1 Å². The number of rotatable bonds is 4. The Labute approximate surface area is 98.5 Å². The number of hydrogen-bond donors (Lipinski definition) is 2. The zero-order chi connectivity index (χ0) is 13.0. The van der Waals surface area contributed by atoms with Crippen molar-refractivity contribution in [3.63, 3.8) is 0 Å². The molecule has 0 aliphatic heterocycles. The summed E-state index contributed by atoms with van der Waals surface area (Å²) in [5.74, 6) is -2.59. The van der Waals surface area contributed by atoms with Crippen LogP contribution in [0.3, 0.4) is 0 Å². The maximum absolute atomic E-state index is 13.2. The number of carboxylic acids is 1. The Morgan fingerprint density at radius 1 is 1.47 bits per heavy atom. The number of hydrogen-bond acceptors (Lipinski definition) is 2. The molecule has 0 aliphatic rings. The van der Waals surface area contributed by atoms with E-state index in [0.29, 0.717) is 5.56 Å². The maximum Gasteiger partial charge on any atom is 0.308 e. The molecule has 0 saturated carbocycles. The first-order valence-corrected chi connectivity index (χ1v) is 5.19. The summed E-state index contributed by atoms with van der Waals surface area (Å²) in [4.78, 5) is 22.1. The summed E-state index contributed by atoms with van der Waals surface area (Å²) >= 11 is 0. The van der Waals surface area contributed by atoms with Gasteiger partial charge < -0.3 is 10.4 Å². The monoisotopic (exact) mass is 239 g/mol. The molecule has 1 amide bonds. The molecule has 0 radical (unpaired) electrons. The van der Waals surface area contributed by atoms with Gasteiger partial charge in [-0.3, -0.25) is 9.59 Å². The van der Waals surface area contributed by atoms with E-state index in [-0.39, 0.29) is 12.1 Å². The van der Waals surface area contributed by atoms with Crippen molar-refractivity contribution < 1.29 is 19.1 Å². The molecule has 0 spiro atoms. The second-order valence-corrected chi connectivity index (χ2v) is 3.91. The molecule has 92 valence electrons. The van der Waals surface area contributed by atoms with Crippen LogP contribution in [0.2, 0.25) is 0 Å². The van der Waals surface area contributed by atoms with Gasteiger partial charge in [0.25, 0.3) is 5.91 Å². The van der Waals surface area contributed by atoms with Gasteiger partial charge >= 0.3 is 5.97 Å². The number of nitrogens with one attached hydrogen (secondary N) is 1. The minimum Gasteiger partial charge on any atom is -0.481 e. The minimum atomic E-state index is -0.986. The van der Waals surface area contributed by atoms with Crippen LogP contribution in [0.4, 0.5) is 4.39 Å². The van der Waals surface area contributed by atoms with Crippen LogP contribution in [0.1, 0.15) is 22.8 Å². The van der Waals surface area contributed by atoms with Crippen LogP contribution < -0.4 is 5.32 Å². The predicted octanol–water partition coefficient (Wildman–Crippen LogP) is 1.58. The Kier molecular flexibility index (Phi) is 4.20. The van der Waals surface area contributed by atoms with Gasteiger partial charge in [-0.05, 0) is 24.6 Å². The molecule has 0 fully saturated rings. The first kappa shape index (κ1) is 13.2. The van der Waals surface area contributed by atoms with Gasteiger partial charge in [-0.2, -0.15) is 0 Å². The molecular weight excluding hydrogens is 225 g/mol. The predicted molar refractivity (Wildman–Crippen MR) is 60.3 cm³/mol. The third kappa shape index (κ3) is 3.55. The van der Waals surface area contributed by atoms with Gasteiger partial charge in [-0.1, -0.05) is 13.0 Å². The summed E-state index contributed by atoms with van der Waals surface area (Å²) in [6.45, 7) is 3.10. The van der Waals surface area contributed by atoms with Crippen LogP contribution in [-0.2, 0) is 4.79 Å². The van der Waals surface area contributed by atoms with E-state index in [9.17, 15) is 14.0 Å². The number of aliphatic carboxylic acids is 1. The Bertz CT molecular complexity index is 445. The zero-order valence-electron chi connectivity index (χ0n) is 9.66. The highest BCUT2D eigenvalue weighted by molar-refractivity contribution is 5.94. The zero-order valence-corrected chi connectivity index (χ0v) is 9.66. The van der Waals surface area contributed by atoms with E-state index >= 15 is 0 Å². The summed E-state index contributed by atoms with van der Waals surface area (Å²) in [5, 5.41) is 11.1. The number of amides is 1. The minimum absolute atomic E-state index is 0.0175. The number of carbonyl (C=O) groups is 2. The van der Waals surface area contributed by atoms with Crippen LogP contribution in [-0.4, -0.2) is 23.5 Å². The number of halogens is 1. The number of benzene rings is 1. The van der Waals surface area contributed by atoms with Crippen molar-refractivity contribution >= 4 is 11.9 Å². The summed E-state index contributed by atoms with van der Waals surface area (Å²) in [6.07, 6.45) is 0. The van der Waals surface area contributed by atoms with E-state index in [0.717, 1.165) is 6.07 Å². The maximum atomic E-state index is 13.2. The Morgan fingerprint density at radius 3 is 2.65 bits per heavy atom. The number of carboxylic acid groups (broad SMARTS) is 1. The van der Waals surface area contributed by atoms with Crippen molar-refractivity contribution in [3.8, 4) is 0 Å². The molecule has 1 rings (SSSR count). The lowest BCUT2D eigenvalue weighted by molar-refractivity contribution is -0.140. The van der Waals surface area contributed by atoms with E-state index in [2.05, 4.69) is 5.32 Å². The van der Waals surface area contributed by atoms with E-state index in [1.807, 2.05) is 0 Å². The Balaban J connectivity index is 2.64. The van der Waals surface area contributed by atoms with E-state index in [1.54, 1.807) is 6.92 Å². The van der Waals surface area contributed by atoms with Gasteiger partial charge in [-0.15, -0.1) is 0 Å². The van der Waals surface area contributed by atoms with Gasteiger partial charge in [-0.25, -0.2) is 4.39 Å². The summed E-state index contributed by atoms with van der Waals surface area (Å²) in [6, 6.07) is 4.14. The van der Waals surface area contributed by atoms with Crippen molar-refractivity contribution in [3.05, 3.63) is 35.1 Å². The Hall–Kier alpha value is -1.91. The van der Waals surface area contributed by atoms with Gasteiger partial charge in [0.2, 0.25) is 0 Å². The van der Waals surface area contributed by atoms with Crippen molar-refractivity contribution in [2.24, 2.45) is 5.92 Å². The fraction of sp³-hybridized carbons (Fsp3) is 0.333. The highest BCUT2D eigenvalue weighted by atomic mass is 19.1. The van der Waals surface area contributed by atoms with E-state index in [4.69, 9.17) is 5.11 Å².